The zero-order valence-electron chi connectivity index (χ0n) is 22.4. The van der Waals surface area contributed by atoms with Gasteiger partial charge in [-0.25, -0.2) is 8.42 Å². The number of halogens is 2. The Morgan fingerprint density at radius 1 is 1.18 bits per heavy atom. The number of nitro benzene ring substituents is 1. The van der Waals surface area contributed by atoms with Gasteiger partial charge in [0.2, 0.25) is 21.8 Å². The Labute approximate surface area is 243 Å². The highest BCUT2D eigenvalue weighted by atomic mass is 35.5. The van der Waals surface area contributed by atoms with Gasteiger partial charge >= 0.3 is 0 Å². The minimum atomic E-state index is -4.15. The molecule has 0 aliphatic heterocycles. The summed E-state index contributed by atoms with van der Waals surface area (Å²) < 4.78 is 31.8. The van der Waals surface area contributed by atoms with Gasteiger partial charge in [-0.1, -0.05) is 49.0 Å². The molecule has 0 bridgehead atoms. The fraction of sp³-hybridized carbons (Fsp3) is 0.462. The molecule has 1 atom stereocenters. The average molecular weight is 616 g/mol. The van der Waals surface area contributed by atoms with Crippen molar-refractivity contribution in [3.05, 3.63) is 62.1 Å². The molecule has 1 N–H and O–H groups in total. The van der Waals surface area contributed by atoms with Crippen molar-refractivity contribution < 1.29 is 27.7 Å². The number of hydrogen-bond acceptors (Lipinski definition) is 7. The molecular weight excluding hydrogens is 583 g/mol. The minimum absolute atomic E-state index is 0.00976. The van der Waals surface area contributed by atoms with E-state index in [2.05, 4.69) is 5.32 Å². The van der Waals surface area contributed by atoms with Gasteiger partial charge in [0.15, 0.2) is 0 Å². The van der Waals surface area contributed by atoms with E-state index < -0.39 is 33.4 Å². The van der Waals surface area contributed by atoms with Crippen LogP contribution in [-0.2, 0) is 26.2 Å². The minimum Gasteiger partial charge on any atom is -0.495 e. The second-order valence-corrected chi connectivity index (χ2v) is 12.2. The van der Waals surface area contributed by atoms with Crippen molar-refractivity contribution in [1.82, 2.24) is 10.2 Å². The molecule has 2 amide bonds. The van der Waals surface area contributed by atoms with Crippen LogP contribution in [-0.4, -0.2) is 62.0 Å². The van der Waals surface area contributed by atoms with Crippen LogP contribution in [0.5, 0.6) is 5.75 Å². The first-order chi connectivity index (χ1) is 18.9. The maximum Gasteiger partial charge on any atom is 0.271 e. The lowest BCUT2D eigenvalue weighted by molar-refractivity contribution is -0.384. The smallest absolute Gasteiger partial charge is 0.271 e. The largest absolute Gasteiger partial charge is 0.495 e. The average Bonchev–Trinajstić information content (AvgIpc) is 3.40. The number of rotatable bonds is 12. The SMILES string of the molecule is CCC(C(=O)NC1CCCC1)N(Cc1c(Cl)cccc1Cl)C(=O)CN(c1cc([N+](=O)[O-])ccc1OC)S(C)(=O)=O. The second kappa shape index (κ2) is 13.5. The molecule has 0 heterocycles. The van der Waals surface area contributed by atoms with E-state index in [9.17, 15) is 28.1 Å². The van der Waals surface area contributed by atoms with Crippen LogP contribution in [0.2, 0.25) is 10.0 Å². The van der Waals surface area contributed by atoms with E-state index in [-0.39, 0.29) is 52.1 Å². The molecule has 0 aromatic heterocycles. The van der Waals surface area contributed by atoms with E-state index in [0.29, 0.717) is 5.56 Å². The van der Waals surface area contributed by atoms with E-state index >= 15 is 0 Å². The lowest BCUT2D eigenvalue weighted by Gasteiger charge is -2.34. The standard InChI is InChI=1S/C26H32Cl2N4O7S/c1-4-22(26(34)29-17-8-5-6-9-17)30(15-19-20(27)10-7-11-21(19)28)25(33)16-31(40(3,37)38)23-14-18(32(35)36)12-13-24(23)39-2/h7,10-14,17,22H,4-6,8-9,15-16H2,1-3H3,(H,29,34). The van der Waals surface area contributed by atoms with Crippen molar-refractivity contribution in [1.29, 1.82) is 0 Å². The third kappa shape index (κ3) is 7.55. The molecule has 1 saturated carbocycles. The summed E-state index contributed by atoms with van der Waals surface area (Å²) in [5.41, 5.74) is -0.184. The quantitative estimate of drug-likeness (QED) is 0.273. The number of sulfonamides is 1. The monoisotopic (exact) mass is 614 g/mol. The van der Waals surface area contributed by atoms with Gasteiger partial charge in [-0.2, -0.15) is 0 Å². The molecule has 14 heteroatoms. The summed E-state index contributed by atoms with van der Waals surface area (Å²) in [7, 11) is -2.87. The molecule has 11 nitrogen and oxygen atoms in total. The molecule has 0 saturated heterocycles. The number of nitrogens with one attached hydrogen (secondary N) is 1. The highest BCUT2D eigenvalue weighted by Gasteiger charge is 2.34. The Bertz CT molecular complexity index is 1350. The number of carbonyl (C=O) groups is 2. The number of nitrogens with zero attached hydrogens (tertiary/aromatic N) is 3. The zero-order chi connectivity index (χ0) is 29.6. The van der Waals surface area contributed by atoms with Gasteiger partial charge in [0.25, 0.3) is 5.69 Å². The summed E-state index contributed by atoms with van der Waals surface area (Å²) in [5, 5.41) is 15.0. The Kier molecular flexibility index (Phi) is 10.6. The summed E-state index contributed by atoms with van der Waals surface area (Å²) in [6.45, 7) is 0.814. The van der Waals surface area contributed by atoms with Gasteiger partial charge in [0, 0.05) is 40.3 Å². The molecule has 1 aliphatic rings. The zero-order valence-corrected chi connectivity index (χ0v) is 24.8. The maximum absolute atomic E-state index is 13.9. The molecule has 3 rings (SSSR count). The molecule has 40 heavy (non-hydrogen) atoms. The van der Waals surface area contributed by atoms with Crippen molar-refractivity contribution in [3.63, 3.8) is 0 Å². The topological polar surface area (TPSA) is 139 Å². The third-order valence-electron chi connectivity index (χ3n) is 6.80. The Hall–Kier alpha value is -3.09. The molecule has 218 valence electrons. The van der Waals surface area contributed by atoms with Crippen LogP contribution in [0.4, 0.5) is 11.4 Å². The lowest BCUT2D eigenvalue weighted by atomic mass is 10.1. The van der Waals surface area contributed by atoms with Crippen molar-refractivity contribution in [2.45, 2.75) is 57.7 Å². The van der Waals surface area contributed by atoms with Crippen LogP contribution >= 0.6 is 23.2 Å². The van der Waals surface area contributed by atoms with Gasteiger partial charge in [-0.3, -0.25) is 24.0 Å². The third-order valence-corrected chi connectivity index (χ3v) is 8.63. The number of anilines is 1. The Balaban J connectivity index is 2.05. The van der Waals surface area contributed by atoms with Crippen LogP contribution in [0.1, 0.15) is 44.6 Å². The van der Waals surface area contributed by atoms with E-state index in [0.717, 1.165) is 48.4 Å². The van der Waals surface area contributed by atoms with E-state index in [1.807, 2.05) is 0 Å². The van der Waals surface area contributed by atoms with Gasteiger partial charge in [-0.05, 0) is 37.5 Å². The molecule has 1 aliphatic carbocycles. The fourth-order valence-corrected chi connectivity index (χ4v) is 6.08. The van der Waals surface area contributed by atoms with Crippen LogP contribution in [0, 0.1) is 10.1 Å². The number of nitro groups is 1. The van der Waals surface area contributed by atoms with Crippen LogP contribution in [0.15, 0.2) is 36.4 Å². The summed E-state index contributed by atoms with van der Waals surface area (Å²) >= 11 is 12.8. The molecule has 2 aromatic rings. The normalized spacial score (nSPS) is 14.4. The maximum atomic E-state index is 13.9. The summed E-state index contributed by atoms with van der Waals surface area (Å²) in [6.07, 6.45) is 4.76. The van der Waals surface area contributed by atoms with Crippen LogP contribution in [0.3, 0.4) is 0 Å². The van der Waals surface area contributed by atoms with Gasteiger partial charge in [0.1, 0.15) is 24.0 Å². The number of ether oxygens (including phenoxy) is 1. The number of carbonyl (C=O) groups excluding carboxylic acids is 2. The number of non-ortho nitro benzene ring substituents is 1. The van der Waals surface area contributed by atoms with Crippen molar-refractivity contribution >= 4 is 56.4 Å². The number of methoxy groups -OCH3 is 1. The number of hydrogen-bond donors (Lipinski definition) is 1. The molecule has 0 radical (unpaired) electrons. The first-order valence-electron chi connectivity index (χ1n) is 12.7. The van der Waals surface area contributed by atoms with Crippen LogP contribution < -0.4 is 14.4 Å². The Morgan fingerprint density at radius 3 is 2.33 bits per heavy atom. The molecular formula is C26H32Cl2N4O7S. The van der Waals surface area contributed by atoms with Gasteiger partial charge in [0.05, 0.1) is 18.3 Å². The molecule has 2 aromatic carbocycles. The lowest BCUT2D eigenvalue weighted by Crippen LogP contribution is -2.53. The summed E-state index contributed by atoms with van der Waals surface area (Å²) in [6, 6.07) is 7.30. The van der Waals surface area contributed by atoms with Crippen LogP contribution in [0.25, 0.3) is 0 Å². The van der Waals surface area contributed by atoms with Gasteiger partial charge in [-0.15, -0.1) is 0 Å². The predicted octanol–water partition coefficient (Wildman–Crippen LogP) is 4.54. The number of amides is 2. The fourth-order valence-electron chi connectivity index (χ4n) is 4.72. The summed E-state index contributed by atoms with van der Waals surface area (Å²) in [4.78, 5) is 39.3. The first-order valence-corrected chi connectivity index (χ1v) is 15.3. The first kappa shape index (κ1) is 31.4. The molecule has 0 spiro atoms. The summed E-state index contributed by atoms with van der Waals surface area (Å²) in [5.74, 6) is -1.09. The van der Waals surface area contributed by atoms with E-state index in [4.69, 9.17) is 27.9 Å². The number of benzene rings is 2. The van der Waals surface area contributed by atoms with E-state index in [1.165, 1.54) is 18.1 Å². The van der Waals surface area contributed by atoms with Crippen molar-refractivity contribution in [3.8, 4) is 5.75 Å². The van der Waals surface area contributed by atoms with Crippen molar-refractivity contribution in [2.24, 2.45) is 0 Å². The van der Waals surface area contributed by atoms with Gasteiger partial charge < -0.3 is 15.0 Å². The highest BCUT2D eigenvalue weighted by molar-refractivity contribution is 7.92. The Morgan fingerprint density at radius 2 is 1.80 bits per heavy atom. The van der Waals surface area contributed by atoms with E-state index in [1.54, 1.807) is 25.1 Å². The second-order valence-electron chi connectivity index (χ2n) is 9.52. The highest BCUT2D eigenvalue weighted by Crippen LogP contribution is 2.34. The van der Waals surface area contributed by atoms with Crippen molar-refractivity contribution in [2.75, 3.05) is 24.2 Å². The molecule has 1 fully saturated rings. The molecule has 1 unspecified atom stereocenters. The predicted molar refractivity (Wildman–Crippen MR) is 153 cm³/mol.